The molecule has 0 atom stereocenters. The number of nitrogens with zero attached hydrogens (tertiary/aromatic N) is 3. The predicted molar refractivity (Wildman–Crippen MR) is 125 cm³/mol. The van der Waals surface area contributed by atoms with Crippen LogP contribution < -0.4 is 20.5 Å². The molecule has 36 heavy (non-hydrogen) atoms. The third kappa shape index (κ3) is 4.82. The van der Waals surface area contributed by atoms with Crippen molar-refractivity contribution in [3.63, 3.8) is 0 Å². The zero-order valence-corrected chi connectivity index (χ0v) is 19.5. The van der Waals surface area contributed by atoms with Gasteiger partial charge in [-0.1, -0.05) is 0 Å². The summed E-state index contributed by atoms with van der Waals surface area (Å²) >= 11 is 0. The van der Waals surface area contributed by atoms with Gasteiger partial charge in [0, 0.05) is 17.8 Å². The Balaban J connectivity index is 1.09. The van der Waals surface area contributed by atoms with E-state index in [9.17, 15) is 18.4 Å². The molecule has 9 nitrogen and oxygen atoms in total. The van der Waals surface area contributed by atoms with E-state index in [1.165, 1.54) is 10.7 Å². The van der Waals surface area contributed by atoms with E-state index in [4.69, 9.17) is 15.2 Å². The molecule has 3 aromatic rings. The number of halogens is 2. The molecule has 3 N–H and O–H groups in total. The first kappa shape index (κ1) is 24.0. The molecule has 0 aliphatic heterocycles. The highest BCUT2D eigenvalue weighted by Crippen LogP contribution is 2.56. The summed E-state index contributed by atoms with van der Waals surface area (Å²) in [6.45, 7) is -1.84. The lowest BCUT2D eigenvalue weighted by molar-refractivity contribution is -0.126. The Kier molecular flexibility index (Phi) is 6.46. The molecule has 2 saturated carbocycles. The number of fused-ring (bicyclic) bond motifs is 1. The highest BCUT2D eigenvalue weighted by Gasteiger charge is 2.54. The number of ether oxygens (including phenoxy) is 2. The maximum absolute atomic E-state index is 12.7. The van der Waals surface area contributed by atoms with Crippen molar-refractivity contribution in [2.45, 2.75) is 50.4 Å². The van der Waals surface area contributed by atoms with Crippen LogP contribution in [0, 0.1) is 5.41 Å². The smallest absolute Gasteiger partial charge is 0.254 e. The van der Waals surface area contributed by atoms with Gasteiger partial charge in [0.05, 0.1) is 24.3 Å². The van der Waals surface area contributed by atoms with Crippen molar-refractivity contribution in [2.75, 3.05) is 13.3 Å². The average molecular weight is 500 g/mol. The Morgan fingerprint density at radius 3 is 2.69 bits per heavy atom. The molecule has 0 bridgehead atoms. The summed E-state index contributed by atoms with van der Waals surface area (Å²) in [6.07, 6.45) is 7.17. The van der Waals surface area contributed by atoms with Crippen molar-refractivity contribution in [3.8, 4) is 11.6 Å². The maximum Gasteiger partial charge on any atom is 0.254 e. The molecule has 1 spiro atoms. The van der Waals surface area contributed by atoms with Gasteiger partial charge in [0.2, 0.25) is 11.8 Å². The fraction of sp³-hybridized carbons (Fsp3) is 0.440. The molecule has 2 amide bonds. The van der Waals surface area contributed by atoms with Crippen molar-refractivity contribution < 1.29 is 27.8 Å². The number of nitrogens with two attached hydrogens (primary N) is 1. The summed E-state index contributed by atoms with van der Waals surface area (Å²) in [6, 6.07) is 6.68. The molecule has 2 fully saturated rings. The third-order valence-electron chi connectivity index (χ3n) is 6.93. The van der Waals surface area contributed by atoms with Gasteiger partial charge in [0.25, 0.3) is 5.91 Å². The zero-order chi connectivity index (χ0) is 25.3. The molecule has 2 aliphatic rings. The van der Waals surface area contributed by atoms with Crippen LogP contribution >= 0.6 is 0 Å². The lowest BCUT2D eigenvalue weighted by Crippen LogP contribution is -2.59. The standard InChI is InChI=1S/C25H27F2N5O4/c26-11-19(12-27)35-17-3-4-21-15(13-30-32(21)14-17)6-22(33)31-16-7-25(8-16)9-18(10-25)36-24-20(23(28)34)2-1-5-29-24/h1-5,13-14,16,18-19H,6-12H2,(H2,28,34)(H,31,33). The fourth-order valence-corrected chi connectivity index (χ4v) is 5.21. The largest absolute Gasteiger partial charge is 0.483 e. The van der Waals surface area contributed by atoms with Gasteiger partial charge in [0.15, 0.2) is 6.10 Å². The second kappa shape index (κ2) is 9.71. The van der Waals surface area contributed by atoms with Gasteiger partial charge in [-0.05, 0) is 55.4 Å². The first-order chi connectivity index (χ1) is 17.4. The summed E-state index contributed by atoms with van der Waals surface area (Å²) in [4.78, 5) is 28.3. The van der Waals surface area contributed by atoms with Crippen molar-refractivity contribution in [1.29, 1.82) is 0 Å². The van der Waals surface area contributed by atoms with Crippen molar-refractivity contribution in [1.82, 2.24) is 19.9 Å². The minimum Gasteiger partial charge on any atom is -0.483 e. The third-order valence-corrected chi connectivity index (χ3v) is 6.93. The molecule has 11 heteroatoms. The highest BCUT2D eigenvalue weighted by atomic mass is 19.1. The lowest BCUT2D eigenvalue weighted by atomic mass is 9.53. The zero-order valence-electron chi connectivity index (χ0n) is 19.5. The molecular formula is C25H27F2N5O4. The van der Waals surface area contributed by atoms with Crippen LogP contribution in [0.2, 0.25) is 0 Å². The molecule has 0 aromatic carbocycles. The van der Waals surface area contributed by atoms with Gasteiger partial charge in [0.1, 0.15) is 30.8 Å². The molecule has 190 valence electrons. The van der Waals surface area contributed by atoms with Gasteiger partial charge >= 0.3 is 0 Å². The Morgan fingerprint density at radius 2 is 1.97 bits per heavy atom. The molecular weight excluding hydrogens is 472 g/mol. The molecule has 3 aromatic heterocycles. The average Bonchev–Trinajstić information content (AvgIpc) is 3.21. The van der Waals surface area contributed by atoms with Gasteiger partial charge in [-0.3, -0.25) is 9.59 Å². The number of carbonyl (C=O) groups excluding carboxylic acids is 2. The Hall–Kier alpha value is -3.76. The number of pyridine rings is 2. The minimum atomic E-state index is -1.14. The number of primary amides is 1. The van der Waals surface area contributed by atoms with Gasteiger partial charge in [-0.25, -0.2) is 18.3 Å². The summed E-state index contributed by atoms with van der Waals surface area (Å²) in [5.74, 6) is -0.0865. The summed E-state index contributed by atoms with van der Waals surface area (Å²) in [5.41, 5.74) is 7.29. The van der Waals surface area contributed by atoms with Crippen LogP contribution in [0.5, 0.6) is 11.6 Å². The molecule has 5 rings (SSSR count). The molecule has 0 radical (unpaired) electrons. The predicted octanol–water partition coefficient (Wildman–Crippen LogP) is 2.56. The van der Waals surface area contributed by atoms with E-state index in [1.807, 2.05) is 0 Å². The number of aromatic nitrogens is 3. The van der Waals surface area contributed by atoms with E-state index in [0.717, 1.165) is 36.8 Å². The normalized spacial score (nSPS) is 22.8. The SMILES string of the molecule is NC(=O)c1cccnc1OC1CC2(CC(NC(=O)Cc3cnn4cc(OC(CF)CF)ccc34)C2)C1. The van der Waals surface area contributed by atoms with E-state index < -0.39 is 25.4 Å². The van der Waals surface area contributed by atoms with Crippen LogP contribution in [-0.4, -0.2) is 58.0 Å². The van der Waals surface area contributed by atoms with Crippen molar-refractivity contribution in [3.05, 3.63) is 54.0 Å². The first-order valence-electron chi connectivity index (χ1n) is 11.8. The second-order valence-corrected chi connectivity index (χ2v) is 9.63. The van der Waals surface area contributed by atoms with E-state index in [-0.39, 0.29) is 41.3 Å². The van der Waals surface area contributed by atoms with Crippen LogP contribution in [0.3, 0.4) is 0 Å². The molecule has 0 saturated heterocycles. The Morgan fingerprint density at radius 1 is 1.19 bits per heavy atom. The summed E-state index contributed by atoms with van der Waals surface area (Å²) < 4.78 is 38.1. The number of hydrogen-bond acceptors (Lipinski definition) is 6. The van der Waals surface area contributed by atoms with Crippen LogP contribution in [0.15, 0.2) is 42.9 Å². The van der Waals surface area contributed by atoms with Gasteiger partial charge < -0.3 is 20.5 Å². The Bertz CT molecular complexity index is 1260. The van der Waals surface area contributed by atoms with E-state index in [1.54, 1.807) is 36.7 Å². The van der Waals surface area contributed by atoms with Crippen molar-refractivity contribution in [2.24, 2.45) is 11.1 Å². The molecule has 3 heterocycles. The molecule has 0 unspecified atom stereocenters. The number of alkyl halides is 2. The van der Waals surface area contributed by atoms with Crippen LogP contribution in [0.4, 0.5) is 8.78 Å². The van der Waals surface area contributed by atoms with Crippen LogP contribution in [-0.2, 0) is 11.2 Å². The van der Waals surface area contributed by atoms with Crippen LogP contribution in [0.1, 0.15) is 41.6 Å². The van der Waals surface area contributed by atoms with E-state index >= 15 is 0 Å². The highest BCUT2D eigenvalue weighted by molar-refractivity contribution is 5.94. The first-order valence-corrected chi connectivity index (χ1v) is 11.8. The molecule has 2 aliphatic carbocycles. The van der Waals surface area contributed by atoms with E-state index in [0.29, 0.717) is 5.75 Å². The van der Waals surface area contributed by atoms with Gasteiger partial charge in [-0.2, -0.15) is 5.10 Å². The number of nitrogens with one attached hydrogen (secondary N) is 1. The topological polar surface area (TPSA) is 121 Å². The van der Waals surface area contributed by atoms with E-state index in [2.05, 4.69) is 15.4 Å². The lowest BCUT2D eigenvalue weighted by Gasteiger charge is -2.57. The quantitative estimate of drug-likeness (QED) is 0.442. The number of carbonyl (C=O) groups is 2. The fourth-order valence-electron chi connectivity index (χ4n) is 5.21. The monoisotopic (exact) mass is 499 g/mol. The van der Waals surface area contributed by atoms with Gasteiger partial charge in [-0.15, -0.1) is 0 Å². The Labute approximate surface area is 206 Å². The maximum atomic E-state index is 12.7. The van der Waals surface area contributed by atoms with Crippen LogP contribution in [0.25, 0.3) is 5.52 Å². The van der Waals surface area contributed by atoms with Crippen molar-refractivity contribution >= 4 is 17.3 Å². The minimum absolute atomic E-state index is 0.0209. The number of hydrogen-bond donors (Lipinski definition) is 2. The number of amides is 2. The second-order valence-electron chi connectivity index (χ2n) is 9.63. The summed E-state index contributed by atoms with van der Waals surface area (Å²) in [5, 5.41) is 7.32. The summed E-state index contributed by atoms with van der Waals surface area (Å²) in [7, 11) is 0. The number of rotatable bonds is 10.